The molecule has 0 aliphatic carbocycles. The summed E-state index contributed by atoms with van der Waals surface area (Å²) in [5.74, 6) is 1.29. The monoisotopic (exact) mass is 638 g/mol. The van der Waals surface area contributed by atoms with Crippen LogP contribution in [0.15, 0.2) is 73.1 Å². The van der Waals surface area contributed by atoms with Gasteiger partial charge in [0, 0.05) is 20.1 Å². The van der Waals surface area contributed by atoms with Gasteiger partial charge in [0.2, 0.25) is 0 Å². The minimum atomic E-state index is -0.376. The molecule has 0 atom stereocenters. The maximum atomic E-state index is 12.6. The molecule has 0 radical (unpaired) electrons. The summed E-state index contributed by atoms with van der Waals surface area (Å²) >= 11 is 10.4. The van der Waals surface area contributed by atoms with E-state index in [-0.39, 0.29) is 5.91 Å². The standard InChI is InChI=1S/C24H21Br3N2O4/c1-3-32-21-9-6-16(11-22(21)31-2)24(30)29-28-13-17-10-19(26)12-20(27)23(17)33-14-15-4-7-18(25)8-5-15/h4-13H,3,14H2,1-2H3,(H,29,30)/b28-13+. The lowest BCUT2D eigenvalue weighted by Crippen LogP contribution is -2.17. The molecule has 0 saturated heterocycles. The number of benzene rings is 3. The Bertz CT molecular complexity index is 1150. The molecule has 3 rings (SSSR count). The maximum Gasteiger partial charge on any atom is 0.271 e. The van der Waals surface area contributed by atoms with Crippen molar-refractivity contribution in [2.75, 3.05) is 13.7 Å². The Hall–Kier alpha value is -2.36. The van der Waals surface area contributed by atoms with Crippen LogP contribution in [-0.4, -0.2) is 25.8 Å². The van der Waals surface area contributed by atoms with Gasteiger partial charge in [-0.3, -0.25) is 4.79 Å². The van der Waals surface area contributed by atoms with Gasteiger partial charge in [0.15, 0.2) is 11.5 Å². The van der Waals surface area contributed by atoms with Gasteiger partial charge >= 0.3 is 0 Å². The summed E-state index contributed by atoms with van der Waals surface area (Å²) in [5.41, 5.74) is 4.65. The van der Waals surface area contributed by atoms with Crippen molar-refractivity contribution in [3.63, 3.8) is 0 Å². The molecule has 0 bridgehead atoms. The van der Waals surface area contributed by atoms with Crippen LogP contribution in [0.1, 0.15) is 28.4 Å². The predicted molar refractivity (Wildman–Crippen MR) is 140 cm³/mol. The third-order valence-electron chi connectivity index (χ3n) is 4.43. The number of carbonyl (C=O) groups excluding carboxylic acids is 1. The first kappa shape index (κ1) is 25.3. The summed E-state index contributed by atoms with van der Waals surface area (Å²) in [6.07, 6.45) is 1.54. The van der Waals surface area contributed by atoms with Crippen LogP contribution < -0.4 is 19.6 Å². The van der Waals surface area contributed by atoms with E-state index in [1.165, 1.54) is 13.3 Å². The molecule has 0 saturated carbocycles. The van der Waals surface area contributed by atoms with Crippen molar-refractivity contribution in [1.29, 1.82) is 0 Å². The lowest BCUT2D eigenvalue weighted by atomic mass is 10.2. The second kappa shape index (κ2) is 12.2. The zero-order valence-electron chi connectivity index (χ0n) is 17.9. The van der Waals surface area contributed by atoms with E-state index < -0.39 is 0 Å². The van der Waals surface area contributed by atoms with E-state index >= 15 is 0 Å². The quantitative estimate of drug-likeness (QED) is 0.208. The number of ether oxygens (including phenoxy) is 3. The van der Waals surface area contributed by atoms with Crippen LogP contribution in [0.3, 0.4) is 0 Å². The number of hydrogen-bond donors (Lipinski definition) is 1. The Balaban J connectivity index is 1.73. The number of halogens is 3. The fourth-order valence-electron chi connectivity index (χ4n) is 2.87. The number of methoxy groups -OCH3 is 1. The molecule has 1 amide bonds. The van der Waals surface area contributed by atoms with Gasteiger partial charge in [0.25, 0.3) is 5.91 Å². The molecule has 0 aliphatic rings. The molecule has 1 N–H and O–H groups in total. The molecule has 0 aromatic heterocycles. The zero-order chi connectivity index (χ0) is 23.8. The third-order valence-corrected chi connectivity index (χ3v) is 6.00. The second-order valence-corrected chi connectivity index (χ2v) is 9.40. The summed E-state index contributed by atoms with van der Waals surface area (Å²) in [6.45, 7) is 2.76. The molecule has 9 heteroatoms. The Morgan fingerprint density at radius 1 is 0.970 bits per heavy atom. The summed E-state index contributed by atoms with van der Waals surface area (Å²) in [5, 5.41) is 4.12. The second-order valence-electron chi connectivity index (χ2n) is 6.72. The molecule has 0 fully saturated rings. The molecule has 6 nitrogen and oxygen atoms in total. The first-order chi connectivity index (χ1) is 15.9. The summed E-state index contributed by atoms with van der Waals surface area (Å²) < 4.78 is 19.4. The van der Waals surface area contributed by atoms with E-state index in [4.69, 9.17) is 14.2 Å². The molecular formula is C24H21Br3N2O4. The Labute approximate surface area is 217 Å². The molecule has 0 unspecified atom stereocenters. The largest absolute Gasteiger partial charge is 0.493 e. The fourth-order valence-corrected chi connectivity index (χ4v) is 4.51. The van der Waals surface area contributed by atoms with E-state index in [2.05, 4.69) is 58.3 Å². The number of nitrogens with zero attached hydrogens (tertiary/aromatic N) is 1. The molecule has 0 aliphatic heterocycles. The predicted octanol–water partition coefficient (Wildman–Crippen LogP) is 6.72. The summed E-state index contributed by atoms with van der Waals surface area (Å²) in [7, 11) is 1.53. The van der Waals surface area contributed by atoms with Gasteiger partial charge < -0.3 is 14.2 Å². The number of amides is 1. The number of nitrogens with one attached hydrogen (secondary N) is 1. The Morgan fingerprint density at radius 3 is 2.42 bits per heavy atom. The smallest absolute Gasteiger partial charge is 0.271 e. The lowest BCUT2D eigenvalue weighted by molar-refractivity contribution is 0.0954. The average molecular weight is 641 g/mol. The highest BCUT2D eigenvalue weighted by molar-refractivity contribution is 9.11. The molecule has 3 aromatic rings. The molecule has 0 spiro atoms. The minimum Gasteiger partial charge on any atom is -0.493 e. The normalized spacial score (nSPS) is 10.8. The van der Waals surface area contributed by atoms with Crippen LogP contribution in [-0.2, 0) is 6.61 Å². The molecule has 172 valence electrons. The number of hydrogen-bond acceptors (Lipinski definition) is 5. The Morgan fingerprint density at radius 2 is 1.73 bits per heavy atom. The first-order valence-electron chi connectivity index (χ1n) is 9.91. The highest BCUT2D eigenvalue weighted by Crippen LogP contribution is 2.33. The minimum absolute atomic E-state index is 0.376. The molecular weight excluding hydrogens is 620 g/mol. The van der Waals surface area contributed by atoms with Crippen molar-refractivity contribution in [3.8, 4) is 17.2 Å². The molecule has 33 heavy (non-hydrogen) atoms. The fraction of sp³-hybridized carbons (Fsp3) is 0.167. The van der Waals surface area contributed by atoms with Crippen LogP contribution >= 0.6 is 47.8 Å². The molecule has 3 aromatic carbocycles. The van der Waals surface area contributed by atoms with E-state index in [1.54, 1.807) is 18.2 Å². The lowest BCUT2D eigenvalue weighted by Gasteiger charge is -2.12. The first-order valence-corrected chi connectivity index (χ1v) is 12.3. The van der Waals surface area contributed by atoms with Gasteiger partial charge in [-0.25, -0.2) is 5.43 Å². The van der Waals surface area contributed by atoms with Crippen molar-refractivity contribution < 1.29 is 19.0 Å². The SMILES string of the molecule is CCOc1ccc(C(=O)N/N=C/c2cc(Br)cc(Br)c2OCc2ccc(Br)cc2)cc1OC. The van der Waals surface area contributed by atoms with Gasteiger partial charge in [-0.05, 0) is 70.9 Å². The Kier molecular flexibility index (Phi) is 9.34. The highest BCUT2D eigenvalue weighted by Gasteiger charge is 2.12. The van der Waals surface area contributed by atoms with E-state index in [0.29, 0.717) is 41.6 Å². The van der Waals surface area contributed by atoms with E-state index in [0.717, 1.165) is 19.0 Å². The van der Waals surface area contributed by atoms with Gasteiger partial charge in [-0.2, -0.15) is 5.10 Å². The molecule has 0 heterocycles. The van der Waals surface area contributed by atoms with Crippen LogP contribution in [0.25, 0.3) is 0 Å². The van der Waals surface area contributed by atoms with Gasteiger partial charge in [-0.1, -0.05) is 44.0 Å². The third kappa shape index (κ3) is 7.06. The van der Waals surface area contributed by atoms with E-state index in [1.807, 2.05) is 43.3 Å². The van der Waals surface area contributed by atoms with Crippen LogP contribution in [0.5, 0.6) is 17.2 Å². The topological polar surface area (TPSA) is 69.2 Å². The van der Waals surface area contributed by atoms with Crippen molar-refractivity contribution in [2.24, 2.45) is 5.10 Å². The number of hydrazone groups is 1. The number of rotatable bonds is 9. The average Bonchev–Trinajstić information content (AvgIpc) is 2.80. The van der Waals surface area contributed by atoms with Crippen LogP contribution in [0.4, 0.5) is 0 Å². The van der Waals surface area contributed by atoms with Gasteiger partial charge in [0.05, 0.1) is 24.4 Å². The van der Waals surface area contributed by atoms with Crippen LogP contribution in [0, 0.1) is 0 Å². The maximum absolute atomic E-state index is 12.6. The highest BCUT2D eigenvalue weighted by atomic mass is 79.9. The zero-order valence-corrected chi connectivity index (χ0v) is 22.7. The van der Waals surface area contributed by atoms with Gasteiger partial charge in [-0.15, -0.1) is 0 Å². The van der Waals surface area contributed by atoms with Crippen molar-refractivity contribution in [1.82, 2.24) is 5.43 Å². The van der Waals surface area contributed by atoms with Crippen molar-refractivity contribution >= 4 is 59.9 Å². The van der Waals surface area contributed by atoms with Crippen LogP contribution in [0.2, 0.25) is 0 Å². The summed E-state index contributed by atoms with van der Waals surface area (Å²) in [4.78, 5) is 12.6. The van der Waals surface area contributed by atoms with E-state index in [9.17, 15) is 4.79 Å². The summed E-state index contributed by atoms with van der Waals surface area (Å²) in [6, 6.07) is 16.6. The van der Waals surface area contributed by atoms with Crippen molar-refractivity contribution in [3.05, 3.63) is 84.7 Å². The van der Waals surface area contributed by atoms with Gasteiger partial charge in [0.1, 0.15) is 12.4 Å². The van der Waals surface area contributed by atoms with Crippen molar-refractivity contribution in [2.45, 2.75) is 13.5 Å². The number of carbonyl (C=O) groups is 1.